The maximum Gasteiger partial charge on any atom is 0.157 e. The number of hydrogen-bond acceptors (Lipinski definition) is 5. The van der Waals surface area contributed by atoms with Crippen LogP contribution in [0.1, 0.15) is 35.5 Å². The van der Waals surface area contributed by atoms with E-state index in [1.807, 2.05) is 6.20 Å². The van der Waals surface area contributed by atoms with E-state index in [9.17, 15) is 0 Å². The Morgan fingerprint density at radius 1 is 0.971 bits per heavy atom. The number of hydrogen-bond donors (Lipinski definition) is 1. The normalized spacial score (nSPS) is 14.4. The van der Waals surface area contributed by atoms with Crippen LogP contribution in [-0.4, -0.2) is 26.3 Å². The Morgan fingerprint density at radius 3 is 2.76 bits per heavy atom. The second-order valence-electron chi connectivity index (χ2n) is 9.21. The Balaban J connectivity index is 1.32. The molecule has 6 rings (SSSR count). The number of aromatic nitrogens is 4. The third-order valence-corrected chi connectivity index (χ3v) is 7.14. The number of imidazole rings is 1. The van der Waals surface area contributed by atoms with Crippen LogP contribution in [-0.2, 0) is 13.1 Å². The van der Waals surface area contributed by atoms with Gasteiger partial charge in [0, 0.05) is 29.5 Å². The topological polar surface area (TPSA) is 58.9 Å². The van der Waals surface area contributed by atoms with Gasteiger partial charge in [-0.25, -0.2) is 4.98 Å². The molecule has 3 heterocycles. The minimum Gasteiger partial charge on any atom is -0.362 e. The molecule has 1 N–H and O–H groups in total. The van der Waals surface area contributed by atoms with E-state index in [0.29, 0.717) is 0 Å². The lowest BCUT2D eigenvalue weighted by atomic mass is 9.98. The number of aryl methyl sites for hydroxylation is 1. The lowest BCUT2D eigenvalue weighted by Crippen LogP contribution is -2.33. The molecule has 0 fully saturated rings. The molecule has 1 aliphatic heterocycles. The van der Waals surface area contributed by atoms with Crippen LogP contribution >= 0.6 is 0 Å². The highest BCUT2D eigenvalue weighted by Crippen LogP contribution is 2.31. The molecule has 5 aromatic rings. The van der Waals surface area contributed by atoms with Gasteiger partial charge in [-0.05, 0) is 61.7 Å². The van der Waals surface area contributed by atoms with Crippen LogP contribution in [0.4, 0.5) is 11.5 Å². The van der Waals surface area contributed by atoms with Crippen molar-refractivity contribution in [2.24, 2.45) is 0 Å². The van der Waals surface area contributed by atoms with Crippen LogP contribution in [0.15, 0.2) is 66.9 Å². The van der Waals surface area contributed by atoms with Gasteiger partial charge in [-0.1, -0.05) is 36.4 Å². The summed E-state index contributed by atoms with van der Waals surface area (Å²) in [5.41, 5.74) is 7.37. The van der Waals surface area contributed by atoms with Crippen molar-refractivity contribution in [3.05, 3.63) is 89.4 Å². The SMILES string of the molecule is Cc1cccc([C@@H](C)Nc2nncc3ccc(N4CCn5c(nc6ccccc65)C4)cc23)c1C. The zero-order valence-electron chi connectivity index (χ0n) is 19.8. The first-order chi connectivity index (χ1) is 16.6. The Morgan fingerprint density at radius 2 is 1.85 bits per heavy atom. The molecule has 170 valence electrons. The molecular formula is C28H28N6. The van der Waals surface area contributed by atoms with Crippen molar-refractivity contribution in [1.29, 1.82) is 0 Å². The molecule has 2 aromatic heterocycles. The molecule has 0 saturated heterocycles. The van der Waals surface area contributed by atoms with Gasteiger partial charge in [0.15, 0.2) is 5.82 Å². The quantitative estimate of drug-likeness (QED) is 0.377. The van der Waals surface area contributed by atoms with Gasteiger partial charge in [0.1, 0.15) is 5.82 Å². The van der Waals surface area contributed by atoms with Crippen molar-refractivity contribution in [1.82, 2.24) is 19.7 Å². The maximum absolute atomic E-state index is 4.88. The number of nitrogens with zero attached hydrogens (tertiary/aromatic N) is 5. The summed E-state index contributed by atoms with van der Waals surface area (Å²) in [5.74, 6) is 1.93. The Kier molecular flexibility index (Phi) is 4.94. The average molecular weight is 449 g/mol. The molecule has 0 radical (unpaired) electrons. The maximum atomic E-state index is 4.88. The summed E-state index contributed by atoms with van der Waals surface area (Å²) < 4.78 is 2.34. The zero-order chi connectivity index (χ0) is 23.2. The van der Waals surface area contributed by atoms with Crippen molar-refractivity contribution >= 4 is 33.3 Å². The predicted octanol–water partition coefficient (Wildman–Crippen LogP) is 5.79. The van der Waals surface area contributed by atoms with Gasteiger partial charge in [0.25, 0.3) is 0 Å². The van der Waals surface area contributed by atoms with Crippen LogP contribution in [0.2, 0.25) is 0 Å². The van der Waals surface area contributed by atoms with Gasteiger partial charge in [-0.15, -0.1) is 5.10 Å². The Bertz CT molecular complexity index is 1520. The first-order valence-corrected chi connectivity index (χ1v) is 11.9. The number of anilines is 2. The van der Waals surface area contributed by atoms with E-state index in [4.69, 9.17) is 4.98 Å². The van der Waals surface area contributed by atoms with E-state index in [-0.39, 0.29) is 6.04 Å². The number of nitrogens with one attached hydrogen (secondary N) is 1. The molecule has 34 heavy (non-hydrogen) atoms. The number of benzene rings is 3. The summed E-state index contributed by atoms with van der Waals surface area (Å²) in [7, 11) is 0. The van der Waals surface area contributed by atoms with Crippen molar-refractivity contribution < 1.29 is 0 Å². The molecule has 3 aromatic carbocycles. The van der Waals surface area contributed by atoms with Gasteiger partial charge in [0.05, 0.1) is 29.8 Å². The van der Waals surface area contributed by atoms with Crippen molar-refractivity contribution in [2.75, 3.05) is 16.8 Å². The van der Waals surface area contributed by atoms with E-state index in [0.717, 1.165) is 47.6 Å². The van der Waals surface area contributed by atoms with E-state index in [1.165, 1.54) is 27.9 Å². The van der Waals surface area contributed by atoms with Gasteiger partial charge in [-0.3, -0.25) is 0 Å². The third kappa shape index (κ3) is 3.46. The van der Waals surface area contributed by atoms with Gasteiger partial charge < -0.3 is 14.8 Å². The molecular weight excluding hydrogens is 420 g/mol. The van der Waals surface area contributed by atoms with Crippen molar-refractivity contribution in [3.63, 3.8) is 0 Å². The molecule has 0 saturated carbocycles. The highest BCUT2D eigenvalue weighted by Gasteiger charge is 2.21. The fraction of sp³-hybridized carbons (Fsp3) is 0.250. The minimum absolute atomic E-state index is 0.123. The fourth-order valence-electron chi connectivity index (χ4n) is 5.08. The summed E-state index contributed by atoms with van der Waals surface area (Å²) in [6, 6.07) is 21.5. The molecule has 1 aliphatic rings. The summed E-state index contributed by atoms with van der Waals surface area (Å²) in [6.45, 7) is 9.18. The van der Waals surface area contributed by atoms with Crippen LogP contribution in [0.5, 0.6) is 0 Å². The lowest BCUT2D eigenvalue weighted by Gasteiger charge is -2.30. The van der Waals surface area contributed by atoms with Crippen LogP contribution in [0, 0.1) is 13.8 Å². The number of fused-ring (bicyclic) bond motifs is 4. The molecule has 6 nitrogen and oxygen atoms in total. The molecule has 0 aliphatic carbocycles. The molecule has 0 spiro atoms. The second kappa shape index (κ2) is 8.13. The van der Waals surface area contributed by atoms with Crippen LogP contribution < -0.4 is 10.2 Å². The van der Waals surface area contributed by atoms with Crippen LogP contribution in [0.25, 0.3) is 21.8 Å². The summed E-state index contributed by atoms with van der Waals surface area (Å²) >= 11 is 0. The fourth-order valence-corrected chi connectivity index (χ4v) is 5.08. The molecule has 1 atom stereocenters. The van der Waals surface area contributed by atoms with Crippen LogP contribution in [0.3, 0.4) is 0 Å². The molecule has 0 amide bonds. The van der Waals surface area contributed by atoms with Gasteiger partial charge in [-0.2, -0.15) is 5.10 Å². The molecule has 0 unspecified atom stereocenters. The van der Waals surface area contributed by atoms with E-state index < -0.39 is 0 Å². The van der Waals surface area contributed by atoms with Gasteiger partial charge in [0.2, 0.25) is 0 Å². The standard InChI is InChI=1S/C28H28N6/c1-18-7-6-8-23(19(18)2)20(3)30-28-24-15-22(12-11-21(24)16-29-32-28)33-13-14-34-26-10-5-4-9-25(26)31-27(34)17-33/h4-12,15-16,20H,13-14,17H2,1-3H3,(H,30,32)/t20-/m1/s1. The summed E-state index contributed by atoms with van der Waals surface area (Å²) in [4.78, 5) is 7.29. The Labute approximate surface area is 199 Å². The van der Waals surface area contributed by atoms with E-state index >= 15 is 0 Å². The monoisotopic (exact) mass is 448 g/mol. The van der Waals surface area contributed by atoms with Gasteiger partial charge >= 0.3 is 0 Å². The average Bonchev–Trinajstić information content (AvgIpc) is 3.23. The minimum atomic E-state index is 0.123. The zero-order valence-corrected chi connectivity index (χ0v) is 19.8. The highest BCUT2D eigenvalue weighted by molar-refractivity contribution is 5.93. The van der Waals surface area contributed by atoms with E-state index in [2.05, 4.69) is 106 Å². The van der Waals surface area contributed by atoms with Crippen molar-refractivity contribution in [2.45, 2.75) is 39.9 Å². The smallest absolute Gasteiger partial charge is 0.157 e. The van der Waals surface area contributed by atoms with E-state index in [1.54, 1.807) is 0 Å². The first-order valence-electron chi connectivity index (χ1n) is 11.9. The Hall–Kier alpha value is -3.93. The predicted molar refractivity (Wildman–Crippen MR) is 138 cm³/mol. The largest absolute Gasteiger partial charge is 0.362 e. The van der Waals surface area contributed by atoms with Crippen molar-refractivity contribution in [3.8, 4) is 0 Å². The first kappa shape index (κ1) is 20.7. The number of para-hydroxylation sites is 2. The third-order valence-electron chi connectivity index (χ3n) is 7.14. The number of rotatable bonds is 4. The molecule has 0 bridgehead atoms. The summed E-state index contributed by atoms with van der Waals surface area (Å²) in [6.07, 6.45) is 1.84. The highest BCUT2D eigenvalue weighted by atomic mass is 15.2. The molecule has 6 heteroatoms. The lowest BCUT2D eigenvalue weighted by molar-refractivity contribution is 0.572. The second-order valence-corrected chi connectivity index (χ2v) is 9.21. The summed E-state index contributed by atoms with van der Waals surface area (Å²) in [5, 5.41) is 14.5.